The Kier molecular flexibility index (Phi) is 5.54. The number of carbonyl (C=O) groups excluding carboxylic acids is 1. The van der Waals surface area contributed by atoms with Crippen LogP contribution in [0.15, 0.2) is 60.7 Å². The molecule has 2 fully saturated rings. The van der Waals surface area contributed by atoms with Crippen LogP contribution >= 0.6 is 0 Å². The third-order valence-electron chi connectivity index (χ3n) is 6.60. The molecule has 0 N–H and O–H groups in total. The van der Waals surface area contributed by atoms with E-state index in [4.69, 9.17) is 9.47 Å². The number of esters is 1. The lowest BCUT2D eigenvalue weighted by Crippen LogP contribution is -2.48. The summed E-state index contributed by atoms with van der Waals surface area (Å²) in [5, 5.41) is 0. The lowest BCUT2D eigenvalue weighted by atomic mass is 9.64. The smallest absolute Gasteiger partial charge is 0.308 e. The zero-order valence-corrected chi connectivity index (χ0v) is 16.7. The number of hydrogen-bond acceptors (Lipinski definition) is 3. The van der Waals surface area contributed by atoms with Gasteiger partial charge in [0.2, 0.25) is 5.79 Å². The normalized spacial score (nSPS) is 26.4. The Balaban J connectivity index is 1.76. The number of fused-ring (bicyclic) bond motifs is 1. The number of unbranched alkanes of at least 4 members (excludes halogenated alkanes) is 1. The van der Waals surface area contributed by atoms with Crippen LogP contribution in [0.1, 0.15) is 68.9 Å². The first kappa shape index (κ1) is 19.2. The van der Waals surface area contributed by atoms with E-state index in [9.17, 15) is 4.79 Å². The highest BCUT2D eigenvalue weighted by molar-refractivity contribution is 5.70. The number of hydrogen-bond donors (Lipinski definition) is 0. The molecule has 1 saturated heterocycles. The van der Waals surface area contributed by atoms with Crippen molar-refractivity contribution in [2.24, 2.45) is 5.41 Å². The van der Waals surface area contributed by atoms with Gasteiger partial charge in [0.1, 0.15) is 0 Å². The fraction of sp³-hybridized carbons (Fsp3) is 0.480. The lowest BCUT2D eigenvalue weighted by molar-refractivity contribution is -0.242. The van der Waals surface area contributed by atoms with Crippen molar-refractivity contribution in [3.63, 3.8) is 0 Å². The number of benzene rings is 2. The van der Waals surface area contributed by atoms with Crippen molar-refractivity contribution in [1.29, 1.82) is 0 Å². The maximum Gasteiger partial charge on any atom is 0.308 e. The minimum atomic E-state index is -0.797. The van der Waals surface area contributed by atoms with E-state index >= 15 is 0 Å². The van der Waals surface area contributed by atoms with Gasteiger partial charge in [-0.1, -0.05) is 74.0 Å². The predicted molar refractivity (Wildman–Crippen MR) is 110 cm³/mol. The van der Waals surface area contributed by atoms with E-state index in [2.05, 4.69) is 67.6 Å². The van der Waals surface area contributed by atoms with Crippen molar-refractivity contribution in [2.75, 3.05) is 6.61 Å². The molecule has 0 spiro atoms. The third-order valence-corrected chi connectivity index (χ3v) is 6.60. The molecule has 2 atom stereocenters. The molecule has 0 radical (unpaired) electrons. The molecule has 0 aromatic heterocycles. The molecule has 28 heavy (non-hydrogen) atoms. The number of ether oxygens (including phenoxy) is 2. The summed E-state index contributed by atoms with van der Waals surface area (Å²) in [6, 6.07) is 21.3. The zero-order chi connectivity index (χ0) is 19.5. The minimum absolute atomic E-state index is 0.116. The summed E-state index contributed by atoms with van der Waals surface area (Å²) in [4.78, 5) is 12.6. The van der Waals surface area contributed by atoms with Crippen LogP contribution in [-0.2, 0) is 14.3 Å². The van der Waals surface area contributed by atoms with Gasteiger partial charge in [0, 0.05) is 24.2 Å². The minimum Gasteiger partial charge on any atom is -0.432 e. The molecule has 2 aromatic carbocycles. The van der Waals surface area contributed by atoms with Crippen molar-refractivity contribution < 1.29 is 14.3 Å². The van der Waals surface area contributed by atoms with Crippen LogP contribution in [-0.4, -0.2) is 18.4 Å². The highest BCUT2D eigenvalue weighted by Gasteiger charge is 2.65. The SMILES string of the molecule is CCCCC(=O)OC12CCCC1(C(c1ccccc1)c1ccccc1)CCO2. The molecular formula is C25H30O3. The van der Waals surface area contributed by atoms with E-state index in [1.54, 1.807) is 0 Å². The molecule has 0 amide bonds. The second-order valence-corrected chi connectivity index (χ2v) is 8.19. The molecule has 2 aliphatic rings. The molecule has 3 heteroatoms. The Morgan fingerprint density at radius 3 is 2.25 bits per heavy atom. The van der Waals surface area contributed by atoms with Gasteiger partial charge >= 0.3 is 5.97 Å². The highest BCUT2D eigenvalue weighted by atomic mass is 16.7. The molecule has 1 aliphatic heterocycles. The lowest BCUT2D eigenvalue weighted by Gasteiger charge is -2.44. The molecule has 2 unspecified atom stereocenters. The van der Waals surface area contributed by atoms with Crippen LogP contribution in [0.4, 0.5) is 0 Å². The maximum atomic E-state index is 12.6. The average molecular weight is 379 g/mol. The fourth-order valence-corrected chi connectivity index (χ4v) is 5.37. The van der Waals surface area contributed by atoms with Gasteiger partial charge in [-0.25, -0.2) is 0 Å². The van der Waals surface area contributed by atoms with Gasteiger partial charge in [-0.05, 0) is 36.8 Å². The van der Waals surface area contributed by atoms with E-state index in [0.29, 0.717) is 13.0 Å². The van der Waals surface area contributed by atoms with E-state index < -0.39 is 5.79 Å². The van der Waals surface area contributed by atoms with Crippen molar-refractivity contribution >= 4 is 5.97 Å². The van der Waals surface area contributed by atoms with Crippen LogP contribution in [0.25, 0.3) is 0 Å². The quantitative estimate of drug-likeness (QED) is 0.568. The largest absolute Gasteiger partial charge is 0.432 e. The fourth-order valence-electron chi connectivity index (χ4n) is 5.37. The highest BCUT2D eigenvalue weighted by Crippen LogP contribution is 2.64. The van der Waals surface area contributed by atoms with Crippen LogP contribution < -0.4 is 0 Å². The summed E-state index contributed by atoms with van der Waals surface area (Å²) in [5.74, 6) is -0.762. The predicted octanol–water partition coefficient (Wildman–Crippen LogP) is 5.84. The molecule has 3 nitrogen and oxygen atoms in total. The van der Waals surface area contributed by atoms with Gasteiger partial charge in [0.15, 0.2) is 0 Å². The molecule has 0 bridgehead atoms. The Morgan fingerprint density at radius 2 is 1.64 bits per heavy atom. The summed E-state index contributed by atoms with van der Waals surface area (Å²) in [7, 11) is 0. The molecular weight excluding hydrogens is 348 g/mol. The third kappa shape index (κ3) is 3.26. The summed E-state index contributed by atoms with van der Waals surface area (Å²) in [6.07, 6.45) is 6.08. The van der Waals surface area contributed by atoms with Gasteiger partial charge in [0.05, 0.1) is 6.61 Å². The number of carbonyl (C=O) groups is 1. The second kappa shape index (κ2) is 8.08. The summed E-state index contributed by atoms with van der Waals surface area (Å²) in [5.41, 5.74) is 2.34. The van der Waals surface area contributed by atoms with Crippen LogP contribution in [0.3, 0.4) is 0 Å². The van der Waals surface area contributed by atoms with E-state index in [0.717, 1.165) is 38.5 Å². The molecule has 148 valence electrons. The van der Waals surface area contributed by atoms with Gasteiger partial charge < -0.3 is 9.47 Å². The zero-order valence-electron chi connectivity index (χ0n) is 16.7. The maximum absolute atomic E-state index is 12.6. The topological polar surface area (TPSA) is 35.5 Å². The Labute approximate surface area is 168 Å². The van der Waals surface area contributed by atoms with Crippen LogP contribution in [0.5, 0.6) is 0 Å². The van der Waals surface area contributed by atoms with Gasteiger partial charge in [-0.2, -0.15) is 0 Å². The molecule has 1 saturated carbocycles. The van der Waals surface area contributed by atoms with Crippen molar-refractivity contribution in [3.05, 3.63) is 71.8 Å². The molecule has 2 aromatic rings. The van der Waals surface area contributed by atoms with Crippen molar-refractivity contribution in [2.45, 2.75) is 63.6 Å². The summed E-state index contributed by atoms with van der Waals surface area (Å²) < 4.78 is 12.5. The van der Waals surface area contributed by atoms with Gasteiger partial charge in [0.25, 0.3) is 0 Å². The standard InChI is InChI=1S/C25H30O3/c1-2-3-15-22(26)28-25-17-10-16-24(25,18-19-27-25)23(20-11-6-4-7-12-20)21-13-8-5-9-14-21/h4-9,11-14,23H,2-3,10,15-19H2,1H3. The average Bonchev–Trinajstić information content (AvgIpc) is 3.23. The van der Waals surface area contributed by atoms with E-state index in [1.165, 1.54) is 11.1 Å². The first-order chi connectivity index (χ1) is 13.7. The Morgan fingerprint density at radius 1 is 1.00 bits per heavy atom. The Bertz CT molecular complexity index is 734. The monoisotopic (exact) mass is 378 g/mol. The van der Waals surface area contributed by atoms with Gasteiger partial charge in [-0.3, -0.25) is 4.79 Å². The molecule has 1 aliphatic carbocycles. The van der Waals surface area contributed by atoms with Crippen molar-refractivity contribution in [1.82, 2.24) is 0 Å². The first-order valence-corrected chi connectivity index (χ1v) is 10.7. The summed E-state index contributed by atoms with van der Waals surface area (Å²) in [6.45, 7) is 2.75. The number of rotatable bonds is 7. The van der Waals surface area contributed by atoms with Gasteiger partial charge in [-0.15, -0.1) is 0 Å². The second-order valence-electron chi connectivity index (χ2n) is 8.19. The van der Waals surface area contributed by atoms with Crippen LogP contribution in [0.2, 0.25) is 0 Å². The van der Waals surface area contributed by atoms with Crippen molar-refractivity contribution in [3.8, 4) is 0 Å². The van der Waals surface area contributed by atoms with Crippen LogP contribution in [0, 0.1) is 5.41 Å². The molecule has 4 rings (SSSR count). The molecule has 1 heterocycles. The first-order valence-electron chi connectivity index (χ1n) is 10.7. The van der Waals surface area contributed by atoms with E-state index in [1.807, 2.05) is 0 Å². The summed E-state index contributed by atoms with van der Waals surface area (Å²) >= 11 is 0. The Hall–Kier alpha value is -2.13. The van der Waals surface area contributed by atoms with E-state index in [-0.39, 0.29) is 17.3 Å².